The standard InChI is InChI=1S/C15H21N3O/c16-13(10-18-6-2-1-3-7-18)11-4-5-14-12(8-11)9-15(19)17-14/h4-5,8,13H,1-3,6-7,9-10,16H2,(H,17,19). The van der Waals surface area contributed by atoms with E-state index in [2.05, 4.69) is 16.3 Å². The van der Waals surface area contributed by atoms with E-state index in [1.54, 1.807) is 0 Å². The fourth-order valence-electron chi connectivity index (χ4n) is 3.01. The third-order valence-corrected chi connectivity index (χ3v) is 4.09. The normalized spacial score (nSPS) is 21.0. The molecule has 3 rings (SSSR count). The molecule has 2 aliphatic heterocycles. The molecule has 0 aromatic heterocycles. The van der Waals surface area contributed by atoms with Crippen molar-refractivity contribution in [3.8, 4) is 0 Å². The molecule has 4 heteroatoms. The van der Waals surface area contributed by atoms with E-state index in [0.29, 0.717) is 6.42 Å². The minimum atomic E-state index is 0.0408. The van der Waals surface area contributed by atoms with E-state index in [9.17, 15) is 4.79 Å². The number of carbonyl (C=O) groups excluding carboxylic acids is 1. The number of carbonyl (C=O) groups is 1. The van der Waals surface area contributed by atoms with Gasteiger partial charge in [0, 0.05) is 18.3 Å². The minimum absolute atomic E-state index is 0.0408. The molecule has 1 saturated heterocycles. The number of piperidine rings is 1. The zero-order valence-electron chi connectivity index (χ0n) is 11.2. The molecule has 1 aromatic carbocycles. The number of amides is 1. The van der Waals surface area contributed by atoms with Crippen LogP contribution in [0.25, 0.3) is 0 Å². The highest BCUT2D eigenvalue weighted by Crippen LogP contribution is 2.26. The maximum atomic E-state index is 11.3. The molecule has 3 N–H and O–H groups in total. The number of benzene rings is 1. The Bertz CT molecular complexity index is 480. The summed E-state index contributed by atoms with van der Waals surface area (Å²) in [7, 11) is 0. The van der Waals surface area contributed by atoms with Gasteiger partial charge in [-0.15, -0.1) is 0 Å². The molecule has 0 radical (unpaired) electrons. The van der Waals surface area contributed by atoms with Crippen LogP contribution in [0.5, 0.6) is 0 Å². The average Bonchev–Trinajstić information content (AvgIpc) is 2.78. The fourth-order valence-corrected chi connectivity index (χ4v) is 3.01. The van der Waals surface area contributed by atoms with E-state index >= 15 is 0 Å². The first-order valence-electron chi connectivity index (χ1n) is 7.13. The Hall–Kier alpha value is -1.39. The molecule has 1 aromatic rings. The summed E-state index contributed by atoms with van der Waals surface area (Å²) in [6.45, 7) is 3.25. The highest BCUT2D eigenvalue weighted by Gasteiger charge is 2.20. The van der Waals surface area contributed by atoms with Gasteiger partial charge in [0.1, 0.15) is 0 Å². The van der Waals surface area contributed by atoms with Crippen molar-refractivity contribution in [2.75, 3.05) is 25.0 Å². The van der Waals surface area contributed by atoms with E-state index in [-0.39, 0.29) is 11.9 Å². The molecule has 2 heterocycles. The molecule has 0 spiro atoms. The molecular formula is C15H21N3O. The summed E-state index contributed by atoms with van der Waals surface area (Å²) in [4.78, 5) is 13.8. The number of nitrogens with one attached hydrogen (secondary N) is 1. The van der Waals surface area contributed by atoms with E-state index in [0.717, 1.165) is 23.4 Å². The lowest BCUT2D eigenvalue weighted by Crippen LogP contribution is -2.36. The molecule has 1 fully saturated rings. The second kappa shape index (κ2) is 5.31. The van der Waals surface area contributed by atoms with Gasteiger partial charge in [0.15, 0.2) is 0 Å². The number of anilines is 1. The Balaban J connectivity index is 1.68. The highest BCUT2D eigenvalue weighted by atomic mass is 16.1. The van der Waals surface area contributed by atoms with Crippen molar-refractivity contribution in [1.82, 2.24) is 4.90 Å². The average molecular weight is 259 g/mol. The number of nitrogens with two attached hydrogens (primary N) is 1. The van der Waals surface area contributed by atoms with Gasteiger partial charge in [-0.05, 0) is 43.1 Å². The summed E-state index contributed by atoms with van der Waals surface area (Å²) >= 11 is 0. The van der Waals surface area contributed by atoms with Crippen LogP contribution in [-0.4, -0.2) is 30.4 Å². The van der Waals surface area contributed by atoms with Gasteiger partial charge in [0.2, 0.25) is 5.91 Å². The van der Waals surface area contributed by atoms with Crippen LogP contribution in [0.3, 0.4) is 0 Å². The Morgan fingerprint density at radius 3 is 2.84 bits per heavy atom. The van der Waals surface area contributed by atoms with Crippen molar-refractivity contribution in [2.45, 2.75) is 31.7 Å². The molecule has 0 saturated carbocycles. The fraction of sp³-hybridized carbons (Fsp3) is 0.533. The van der Waals surface area contributed by atoms with Gasteiger partial charge in [0.05, 0.1) is 6.42 Å². The molecule has 4 nitrogen and oxygen atoms in total. The molecule has 0 aliphatic carbocycles. The molecule has 2 aliphatic rings. The second-order valence-electron chi connectivity index (χ2n) is 5.61. The predicted molar refractivity (Wildman–Crippen MR) is 76.0 cm³/mol. The third kappa shape index (κ3) is 2.80. The van der Waals surface area contributed by atoms with Gasteiger partial charge >= 0.3 is 0 Å². The quantitative estimate of drug-likeness (QED) is 0.868. The first-order valence-corrected chi connectivity index (χ1v) is 7.13. The van der Waals surface area contributed by atoms with Crippen molar-refractivity contribution >= 4 is 11.6 Å². The van der Waals surface area contributed by atoms with Gasteiger partial charge in [-0.2, -0.15) is 0 Å². The maximum Gasteiger partial charge on any atom is 0.228 e. The Kier molecular flexibility index (Phi) is 3.53. The van der Waals surface area contributed by atoms with E-state index in [1.165, 1.54) is 32.4 Å². The molecule has 1 atom stereocenters. The summed E-state index contributed by atoms with van der Waals surface area (Å²) in [6, 6.07) is 6.14. The number of fused-ring (bicyclic) bond motifs is 1. The second-order valence-corrected chi connectivity index (χ2v) is 5.61. The van der Waals surface area contributed by atoms with Gasteiger partial charge in [-0.3, -0.25) is 4.79 Å². The van der Waals surface area contributed by atoms with Crippen LogP contribution in [0.1, 0.15) is 36.4 Å². The first-order chi connectivity index (χ1) is 9.22. The molecule has 102 valence electrons. The Morgan fingerprint density at radius 1 is 1.26 bits per heavy atom. The van der Waals surface area contributed by atoms with Gasteiger partial charge < -0.3 is 16.0 Å². The number of likely N-dealkylation sites (tertiary alicyclic amines) is 1. The van der Waals surface area contributed by atoms with Crippen LogP contribution in [0.4, 0.5) is 5.69 Å². The lowest BCUT2D eigenvalue weighted by atomic mass is 10.0. The minimum Gasteiger partial charge on any atom is -0.326 e. The number of nitrogens with zero attached hydrogens (tertiary/aromatic N) is 1. The van der Waals surface area contributed by atoms with Crippen molar-refractivity contribution < 1.29 is 4.79 Å². The van der Waals surface area contributed by atoms with E-state index in [1.807, 2.05) is 12.1 Å². The van der Waals surface area contributed by atoms with Crippen LogP contribution in [0.15, 0.2) is 18.2 Å². The zero-order valence-corrected chi connectivity index (χ0v) is 11.2. The van der Waals surface area contributed by atoms with Crippen molar-refractivity contribution in [2.24, 2.45) is 5.73 Å². The topological polar surface area (TPSA) is 58.4 Å². The van der Waals surface area contributed by atoms with E-state index < -0.39 is 0 Å². The summed E-state index contributed by atoms with van der Waals surface area (Å²) in [5.74, 6) is 0.0803. The number of hydrogen-bond donors (Lipinski definition) is 2. The van der Waals surface area contributed by atoms with E-state index in [4.69, 9.17) is 5.73 Å². The smallest absolute Gasteiger partial charge is 0.228 e. The Labute approximate surface area is 114 Å². The van der Waals surface area contributed by atoms with Gasteiger partial charge in [0.25, 0.3) is 0 Å². The summed E-state index contributed by atoms with van der Waals surface area (Å²) in [5.41, 5.74) is 9.47. The third-order valence-electron chi connectivity index (χ3n) is 4.09. The molecular weight excluding hydrogens is 238 g/mol. The molecule has 19 heavy (non-hydrogen) atoms. The Morgan fingerprint density at radius 2 is 2.05 bits per heavy atom. The van der Waals surface area contributed by atoms with Crippen LogP contribution in [-0.2, 0) is 11.2 Å². The largest absolute Gasteiger partial charge is 0.326 e. The summed E-state index contributed by atoms with van der Waals surface area (Å²) < 4.78 is 0. The van der Waals surface area contributed by atoms with Crippen molar-refractivity contribution in [3.05, 3.63) is 29.3 Å². The number of hydrogen-bond acceptors (Lipinski definition) is 3. The monoisotopic (exact) mass is 259 g/mol. The van der Waals surface area contributed by atoms with Crippen LogP contribution in [0, 0.1) is 0 Å². The SMILES string of the molecule is NC(CN1CCCCC1)c1ccc2c(c1)CC(=O)N2. The molecule has 1 amide bonds. The zero-order chi connectivity index (χ0) is 13.2. The van der Waals surface area contributed by atoms with Crippen LogP contribution >= 0.6 is 0 Å². The molecule has 0 bridgehead atoms. The summed E-state index contributed by atoms with van der Waals surface area (Å²) in [5, 5.41) is 2.85. The highest BCUT2D eigenvalue weighted by molar-refractivity contribution is 5.99. The van der Waals surface area contributed by atoms with Crippen LogP contribution < -0.4 is 11.1 Å². The summed E-state index contributed by atoms with van der Waals surface area (Å²) in [6.07, 6.45) is 4.41. The van der Waals surface area contributed by atoms with Crippen molar-refractivity contribution in [1.29, 1.82) is 0 Å². The predicted octanol–water partition coefficient (Wildman–Crippen LogP) is 1.67. The molecule has 1 unspecified atom stereocenters. The first kappa shape index (κ1) is 12.6. The lowest BCUT2D eigenvalue weighted by molar-refractivity contribution is -0.115. The number of rotatable bonds is 3. The van der Waals surface area contributed by atoms with Crippen molar-refractivity contribution in [3.63, 3.8) is 0 Å². The lowest BCUT2D eigenvalue weighted by Gasteiger charge is -2.29. The van der Waals surface area contributed by atoms with Gasteiger partial charge in [-0.1, -0.05) is 18.6 Å². The maximum absolute atomic E-state index is 11.3. The van der Waals surface area contributed by atoms with Crippen LogP contribution in [0.2, 0.25) is 0 Å². The van der Waals surface area contributed by atoms with Gasteiger partial charge in [-0.25, -0.2) is 0 Å².